The molecule has 2 heterocycles. The van der Waals surface area contributed by atoms with E-state index in [1.165, 1.54) is 0 Å². The van der Waals surface area contributed by atoms with Gasteiger partial charge in [0.15, 0.2) is 0 Å². The van der Waals surface area contributed by atoms with Crippen molar-refractivity contribution in [1.82, 2.24) is 25.6 Å². The number of fused-ring (bicyclic) bond motifs is 1. The van der Waals surface area contributed by atoms with Gasteiger partial charge in [-0.1, -0.05) is 55.5 Å². The number of hydrogen-bond donors (Lipinski definition) is 1. The molecule has 0 atom stereocenters. The molecule has 0 amide bonds. The summed E-state index contributed by atoms with van der Waals surface area (Å²) in [7, 11) is 3.28. The molecule has 2 aromatic heterocycles. The van der Waals surface area contributed by atoms with Crippen LogP contribution in [0.3, 0.4) is 0 Å². The smallest absolute Gasteiger partial charge is 0.205 e. The third-order valence-corrected chi connectivity index (χ3v) is 5.88. The topological polar surface area (TPSA) is 95.0 Å². The summed E-state index contributed by atoms with van der Waals surface area (Å²) in [5.41, 5.74) is 5.70. The molecule has 35 heavy (non-hydrogen) atoms. The Balaban J connectivity index is 1.44. The zero-order valence-corrected chi connectivity index (χ0v) is 19.8. The van der Waals surface area contributed by atoms with Gasteiger partial charge in [-0.3, -0.25) is 0 Å². The van der Waals surface area contributed by atoms with Crippen molar-refractivity contribution in [2.45, 2.75) is 20.0 Å². The maximum Gasteiger partial charge on any atom is 0.205 e. The zero-order chi connectivity index (χ0) is 24.2. The number of H-pyrrole nitrogens is 1. The van der Waals surface area contributed by atoms with Crippen molar-refractivity contribution < 1.29 is 14.2 Å². The number of methoxy groups -OCH3 is 2. The second-order valence-electron chi connectivity index (χ2n) is 7.93. The monoisotopic (exact) mass is 467 g/mol. The normalized spacial score (nSPS) is 10.9. The van der Waals surface area contributed by atoms with Crippen molar-refractivity contribution >= 4 is 10.9 Å². The Bertz CT molecular complexity index is 1450. The molecule has 5 rings (SSSR count). The van der Waals surface area contributed by atoms with E-state index in [9.17, 15) is 0 Å². The van der Waals surface area contributed by atoms with Gasteiger partial charge in [-0.15, -0.1) is 10.2 Å². The van der Waals surface area contributed by atoms with E-state index >= 15 is 0 Å². The summed E-state index contributed by atoms with van der Waals surface area (Å²) < 4.78 is 17.5. The van der Waals surface area contributed by atoms with Gasteiger partial charge >= 0.3 is 0 Å². The third-order valence-electron chi connectivity index (χ3n) is 5.88. The van der Waals surface area contributed by atoms with Crippen LogP contribution in [0.25, 0.3) is 33.4 Å². The number of rotatable bonds is 8. The lowest BCUT2D eigenvalue weighted by molar-refractivity contribution is 0.308. The molecule has 176 valence electrons. The molecule has 0 radical (unpaired) electrons. The van der Waals surface area contributed by atoms with Gasteiger partial charge in [0, 0.05) is 17.3 Å². The molecule has 0 fully saturated rings. The van der Waals surface area contributed by atoms with Gasteiger partial charge in [-0.25, -0.2) is 4.98 Å². The molecular weight excluding hydrogens is 442 g/mol. The van der Waals surface area contributed by atoms with Crippen LogP contribution in [0.5, 0.6) is 17.2 Å². The molecule has 0 aliphatic rings. The van der Waals surface area contributed by atoms with Gasteiger partial charge in [0.05, 0.1) is 19.6 Å². The second-order valence-corrected chi connectivity index (χ2v) is 7.93. The first kappa shape index (κ1) is 22.3. The Kier molecular flexibility index (Phi) is 6.26. The van der Waals surface area contributed by atoms with E-state index in [0.29, 0.717) is 29.7 Å². The number of tetrazole rings is 1. The number of hydrogen-bond acceptors (Lipinski definition) is 7. The highest BCUT2D eigenvalue weighted by Crippen LogP contribution is 2.39. The van der Waals surface area contributed by atoms with Crippen LogP contribution in [-0.2, 0) is 13.0 Å². The Hall–Kier alpha value is -4.46. The van der Waals surface area contributed by atoms with Crippen LogP contribution in [0.4, 0.5) is 0 Å². The van der Waals surface area contributed by atoms with E-state index in [4.69, 9.17) is 19.2 Å². The number of nitrogens with one attached hydrogen (secondary N) is 1. The molecule has 0 spiro atoms. The van der Waals surface area contributed by atoms with Crippen molar-refractivity contribution in [3.8, 4) is 39.8 Å². The molecule has 8 nitrogen and oxygen atoms in total. The van der Waals surface area contributed by atoms with Gasteiger partial charge < -0.3 is 14.2 Å². The fourth-order valence-corrected chi connectivity index (χ4v) is 4.08. The number of aryl methyl sites for hydroxylation is 1. The average molecular weight is 468 g/mol. The lowest BCUT2D eigenvalue weighted by Crippen LogP contribution is -2.01. The summed E-state index contributed by atoms with van der Waals surface area (Å²) >= 11 is 0. The molecule has 1 N–H and O–H groups in total. The summed E-state index contributed by atoms with van der Waals surface area (Å²) in [6, 6.07) is 22.0. The van der Waals surface area contributed by atoms with Crippen LogP contribution in [0.1, 0.15) is 18.2 Å². The van der Waals surface area contributed by atoms with E-state index in [1.807, 2.05) is 42.5 Å². The largest absolute Gasteiger partial charge is 0.496 e. The average Bonchev–Trinajstić information content (AvgIpc) is 3.46. The van der Waals surface area contributed by atoms with Crippen molar-refractivity contribution in [2.75, 3.05) is 14.2 Å². The Morgan fingerprint density at radius 2 is 1.57 bits per heavy atom. The van der Waals surface area contributed by atoms with E-state index < -0.39 is 0 Å². The van der Waals surface area contributed by atoms with Gasteiger partial charge in [-0.05, 0) is 40.5 Å². The van der Waals surface area contributed by atoms with Gasteiger partial charge in [0.1, 0.15) is 29.4 Å². The molecule has 0 bridgehead atoms. The third kappa shape index (κ3) is 4.38. The van der Waals surface area contributed by atoms with Crippen molar-refractivity contribution in [1.29, 1.82) is 0 Å². The SMILES string of the molecule is CCc1cc(OCc2ccc(-c3ccccc3-c3nn[nH]n3)cc2)c2c(OC)ccc(OC)c2n1. The summed E-state index contributed by atoms with van der Waals surface area (Å²) in [5, 5.41) is 15.3. The van der Waals surface area contributed by atoms with E-state index in [2.05, 4.69) is 51.8 Å². The molecule has 0 unspecified atom stereocenters. The standard InChI is InChI=1S/C27H25N5O3/c1-4-19-15-24(25-22(33-2)13-14-23(34-3)26(25)28-19)35-16-17-9-11-18(12-10-17)20-7-5-6-8-21(20)27-29-31-32-30-27/h5-15H,4,16H2,1-3H3,(H,29,30,31,32). The summed E-state index contributed by atoms with van der Waals surface area (Å²) in [4.78, 5) is 4.76. The fraction of sp³-hybridized carbons (Fsp3) is 0.185. The molecule has 5 aromatic rings. The molecule has 0 aliphatic carbocycles. The van der Waals surface area contributed by atoms with Crippen molar-refractivity contribution in [3.05, 3.63) is 78.0 Å². The number of aromatic amines is 1. The molecular formula is C27H25N5O3. The highest BCUT2D eigenvalue weighted by Gasteiger charge is 2.16. The molecule has 0 aliphatic heterocycles. The van der Waals surface area contributed by atoms with Crippen LogP contribution in [0.15, 0.2) is 66.7 Å². The first-order valence-corrected chi connectivity index (χ1v) is 11.3. The van der Waals surface area contributed by atoms with Crippen LogP contribution in [0.2, 0.25) is 0 Å². The summed E-state index contributed by atoms with van der Waals surface area (Å²) in [6.45, 7) is 2.46. The predicted molar refractivity (Wildman–Crippen MR) is 134 cm³/mol. The fourth-order valence-electron chi connectivity index (χ4n) is 4.08. The highest BCUT2D eigenvalue weighted by atomic mass is 16.5. The number of pyridine rings is 1. The van der Waals surface area contributed by atoms with Crippen LogP contribution >= 0.6 is 0 Å². The second kappa shape index (κ2) is 9.80. The first-order valence-electron chi connectivity index (χ1n) is 11.3. The van der Waals surface area contributed by atoms with Gasteiger partial charge in [0.2, 0.25) is 5.82 Å². The predicted octanol–water partition coefficient (Wildman–Crippen LogP) is 5.24. The van der Waals surface area contributed by atoms with Crippen LogP contribution < -0.4 is 14.2 Å². The quantitative estimate of drug-likeness (QED) is 0.333. The molecule has 0 saturated heterocycles. The minimum Gasteiger partial charge on any atom is -0.496 e. The minimum atomic E-state index is 0.398. The number of ether oxygens (including phenoxy) is 3. The van der Waals surface area contributed by atoms with Crippen LogP contribution in [-0.4, -0.2) is 39.8 Å². The maximum absolute atomic E-state index is 6.31. The lowest BCUT2D eigenvalue weighted by Gasteiger charge is -2.15. The number of nitrogens with zero attached hydrogens (tertiary/aromatic N) is 4. The lowest BCUT2D eigenvalue weighted by atomic mass is 9.98. The van der Waals surface area contributed by atoms with Gasteiger partial charge in [0.25, 0.3) is 0 Å². The molecule has 0 saturated carbocycles. The van der Waals surface area contributed by atoms with Crippen molar-refractivity contribution in [2.24, 2.45) is 0 Å². The number of aromatic nitrogens is 5. The summed E-state index contributed by atoms with van der Waals surface area (Å²) in [6.07, 6.45) is 0.779. The summed E-state index contributed by atoms with van der Waals surface area (Å²) in [5.74, 6) is 2.66. The van der Waals surface area contributed by atoms with Gasteiger partial charge in [-0.2, -0.15) is 5.21 Å². The van der Waals surface area contributed by atoms with Crippen LogP contribution in [0, 0.1) is 0 Å². The maximum atomic E-state index is 6.31. The zero-order valence-electron chi connectivity index (χ0n) is 19.8. The molecule has 3 aromatic carbocycles. The Labute approximate surface area is 202 Å². The Morgan fingerprint density at radius 3 is 2.26 bits per heavy atom. The highest BCUT2D eigenvalue weighted by molar-refractivity contribution is 5.95. The van der Waals surface area contributed by atoms with E-state index in [-0.39, 0.29) is 0 Å². The molecule has 8 heteroatoms. The minimum absolute atomic E-state index is 0.398. The number of benzene rings is 3. The van der Waals surface area contributed by atoms with Crippen molar-refractivity contribution in [3.63, 3.8) is 0 Å². The first-order chi connectivity index (χ1) is 17.2. The Morgan fingerprint density at radius 1 is 0.829 bits per heavy atom. The van der Waals surface area contributed by atoms with E-state index in [1.54, 1.807) is 14.2 Å². The van der Waals surface area contributed by atoms with E-state index in [0.717, 1.165) is 45.3 Å².